The molecular weight excluding hydrogens is 685 g/mol. The van der Waals surface area contributed by atoms with Crippen molar-refractivity contribution in [1.82, 2.24) is 0 Å². The maximum absolute atomic E-state index is 13.7. The fourth-order valence-corrected chi connectivity index (χ4v) is 8.92. The van der Waals surface area contributed by atoms with Crippen molar-refractivity contribution >= 4 is 40.1 Å². The van der Waals surface area contributed by atoms with Crippen molar-refractivity contribution in [1.29, 1.82) is 0 Å². The van der Waals surface area contributed by atoms with Crippen LogP contribution < -0.4 is 4.74 Å². The molecule has 4 aromatic rings. The minimum absolute atomic E-state index is 0.125. The third-order valence-corrected chi connectivity index (χ3v) is 14.4. The maximum atomic E-state index is 13.7. The molecule has 0 heterocycles. The summed E-state index contributed by atoms with van der Waals surface area (Å²) >= 11 is 0. The number of hydrogen-bond acceptors (Lipinski definition) is 6. The van der Waals surface area contributed by atoms with Crippen LogP contribution in [0, 0.1) is 0 Å². The Morgan fingerprint density at radius 3 is 1.50 bits per heavy atom. The molecule has 50 heavy (non-hydrogen) atoms. The Labute approximate surface area is 297 Å². The molecule has 0 bridgehead atoms. The van der Waals surface area contributed by atoms with Gasteiger partial charge in [0.05, 0.1) is 16.9 Å². The molecule has 0 aliphatic carbocycles. The van der Waals surface area contributed by atoms with Crippen LogP contribution in [-0.4, -0.2) is 35.2 Å². The van der Waals surface area contributed by atoms with Crippen LogP contribution >= 0.6 is 0 Å². The standard InChI is InChI=1S/C41H42O6S3/c1-9-49(43,33(6)13-11-31(4)46-7)39-26-18-36(19-27-39)47-37-20-28-41(29-21-37)50(44,45)40-24-16-35(17-25-40)34-14-22-38(23-15-34)48(8,42)32(5)12-10-30(2)3/h9-29H,4,6,8H2,1-3,5,7H3. The molecule has 2 atom stereocenters. The Morgan fingerprint density at radius 1 is 0.620 bits per heavy atom. The summed E-state index contributed by atoms with van der Waals surface area (Å²) in [5, 5.41) is 1.62. The highest BCUT2D eigenvalue weighted by Crippen LogP contribution is 2.30. The molecule has 2 unspecified atom stereocenters. The van der Waals surface area contributed by atoms with Gasteiger partial charge in [0.2, 0.25) is 9.84 Å². The summed E-state index contributed by atoms with van der Waals surface area (Å²) in [6.07, 6.45) is 6.99. The first-order valence-corrected chi connectivity index (χ1v) is 20.4. The fourth-order valence-electron chi connectivity index (χ4n) is 4.74. The molecule has 0 fully saturated rings. The smallest absolute Gasteiger partial charge is 0.206 e. The van der Waals surface area contributed by atoms with E-state index < -0.39 is 28.9 Å². The third-order valence-electron chi connectivity index (χ3n) is 7.89. The average molecular weight is 727 g/mol. The van der Waals surface area contributed by atoms with Crippen molar-refractivity contribution in [2.75, 3.05) is 7.11 Å². The molecular formula is C41H42O6S3. The second-order valence-electron chi connectivity index (χ2n) is 11.6. The average Bonchev–Trinajstić information content (AvgIpc) is 3.12. The van der Waals surface area contributed by atoms with Crippen LogP contribution in [0.5, 0.6) is 11.5 Å². The van der Waals surface area contributed by atoms with Gasteiger partial charge in [0.1, 0.15) is 17.3 Å². The zero-order chi connectivity index (χ0) is 36.7. The Hall–Kier alpha value is -4.83. The number of allylic oxidation sites excluding steroid dienone is 6. The summed E-state index contributed by atoms with van der Waals surface area (Å²) in [4.78, 5) is 2.57. The lowest BCUT2D eigenvalue weighted by atomic mass is 10.1. The molecule has 0 amide bonds. The summed E-state index contributed by atoms with van der Waals surface area (Å²) in [6, 6.07) is 27.0. The number of ether oxygens (including phenoxy) is 2. The highest BCUT2D eigenvalue weighted by Gasteiger charge is 2.19. The van der Waals surface area contributed by atoms with Gasteiger partial charge < -0.3 is 9.47 Å². The lowest BCUT2D eigenvalue weighted by Gasteiger charge is -2.13. The second-order valence-corrected chi connectivity index (χ2v) is 18.7. The predicted molar refractivity (Wildman–Crippen MR) is 210 cm³/mol. The van der Waals surface area contributed by atoms with Crippen LogP contribution in [-0.2, 0) is 33.6 Å². The number of benzene rings is 4. The normalized spacial score (nSPS) is 14.2. The van der Waals surface area contributed by atoms with Gasteiger partial charge >= 0.3 is 0 Å². The molecule has 0 N–H and O–H groups in total. The van der Waals surface area contributed by atoms with Crippen molar-refractivity contribution in [2.24, 2.45) is 0 Å². The van der Waals surface area contributed by atoms with Gasteiger partial charge in [0.15, 0.2) is 0 Å². The van der Waals surface area contributed by atoms with E-state index in [4.69, 9.17) is 9.47 Å². The lowest BCUT2D eigenvalue weighted by molar-refractivity contribution is 0.309. The minimum Gasteiger partial charge on any atom is -0.497 e. The van der Waals surface area contributed by atoms with Crippen LogP contribution in [0.15, 0.2) is 175 Å². The molecule has 0 radical (unpaired) electrons. The molecule has 260 valence electrons. The maximum Gasteiger partial charge on any atom is 0.206 e. The summed E-state index contributed by atoms with van der Waals surface area (Å²) in [6.45, 7) is 15.2. The van der Waals surface area contributed by atoms with Gasteiger partial charge in [-0.3, -0.25) is 8.42 Å². The van der Waals surface area contributed by atoms with Crippen LogP contribution in [0.3, 0.4) is 0 Å². The van der Waals surface area contributed by atoms with E-state index in [9.17, 15) is 16.8 Å². The number of methoxy groups -OCH3 is 1. The summed E-state index contributed by atoms with van der Waals surface area (Å²) < 4.78 is 64.9. The number of sulfone groups is 1. The van der Waals surface area contributed by atoms with Crippen molar-refractivity contribution in [3.8, 4) is 22.6 Å². The Balaban J connectivity index is 1.46. The highest BCUT2D eigenvalue weighted by molar-refractivity contribution is 8.05. The third kappa shape index (κ3) is 8.66. The van der Waals surface area contributed by atoms with E-state index in [0.29, 0.717) is 36.9 Å². The SMILES string of the molecule is C=C(C=CC(=C)S(=O)(=CC)c1ccc(Oc2ccc(S(=O)(=O)c3ccc(-c4ccc(S(=C)(=O)C(C)=CC=C(C)C)cc4)cc3)cc2)cc1)OC. The van der Waals surface area contributed by atoms with Crippen LogP contribution in [0.4, 0.5) is 0 Å². The molecule has 0 aliphatic rings. The second kappa shape index (κ2) is 15.8. The number of rotatable bonds is 13. The van der Waals surface area contributed by atoms with Gasteiger partial charge in [0, 0.05) is 38.6 Å². The first-order valence-electron chi connectivity index (χ1n) is 15.6. The molecule has 0 saturated heterocycles. The zero-order valence-corrected chi connectivity index (χ0v) is 31.4. The highest BCUT2D eigenvalue weighted by atomic mass is 32.2. The van der Waals surface area contributed by atoms with E-state index in [1.54, 1.807) is 97.2 Å². The number of hydrogen-bond donors (Lipinski definition) is 0. The lowest BCUT2D eigenvalue weighted by Crippen LogP contribution is -2.05. The van der Waals surface area contributed by atoms with Crippen LogP contribution in [0.1, 0.15) is 27.7 Å². The Morgan fingerprint density at radius 2 is 1.06 bits per heavy atom. The first-order chi connectivity index (χ1) is 23.6. The fraction of sp³-hybridized carbons (Fsp3) is 0.122. The van der Waals surface area contributed by atoms with E-state index in [2.05, 4.69) is 19.0 Å². The van der Waals surface area contributed by atoms with Gasteiger partial charge in [-0.15, -0.1) is 0 Å². The molecule has 4 rings (SSSR count). The quantitative estimate of drug-likeness (QED) is 0.0775. The summed E-state index contributed by atoms with van der Waals surface area (Å²) in [7, 11) is -7.61. The minimum atomic E-state index is -3.80. The Kier molecular flexibility index (Phi) is 12.0. The van der Waals surface area contributed by atoms with Crippen molar-refractivity contribution < 1.29 is 26.3 Å². The Bertz CT molecular complexity index is 2310. The van der Waals surface area contributed by atoms with Gasteiger partial charge in [-0.2, -0.15) is 0 Å². The van der Waals surface area contributed by atoms with E-state index in [0.717, 1.165) is 16.7 Å². The van der Waals surface area contributed by atoms with Crippen LogP contribution in [0.25, 0.3) is 11.1 Å². The van der Waals surface area contributed by atoms with E-state index in [-0.39, 0.29) is 9.79 Å². The molecule has 0 saturated carbocycles. The predicted octanol–water partition coefficient (Wildman–Crippen LogP) is 9.62. The molecule has 9 heteroatoms. The molecule has 6 nitrogen and oxygen atoms in total. The molecule has 0 spiro atoms. The molecule has 0 aliphatic heterocycles. The zero-order valence-electron chi connectivity index (χ0n) is 28.9. The summed E-state index contributed by atoms with van der Waals surface area (Å²) in [5.41, 5.74) is 2.79. The molecule has 0 aromatic heterocycles. The van der Waals surface area contributed by atoms with Crippen LogP contribution in [0.2, 0.25) is 0 Å². The topological polar surface area (TPSA) is 86.7 Å². The molecule has 4 aromatic carbocycles. The van der Waals surface area contributed by atoms with Crippen molar-refractivity contribution in [2.45, 2.75) is 47.3 Å². The van der Waals surface area contributed by atoms with Gasteiger partial charge in [0.25, 0.3) is 0 Å². The van der Waals surface area contributed by atoms with E-state index >= 15 is 0 Å². The van der Waals surface area contributed by atoms with Gasteiger partial charge in [-0.1, -0.05) is 55.1 Å². The summed E-state index contributed by atoms with van der Waals surface area (Å²) in [5.74, 6) is 5.34. The van der Waals surface area contributed by atoms with E-state index in [1.807, 2.05) is 45.1 Å². The van der Waals surface area contributed by atoms with E-state index in [1.165, 1.54) is 19.2 Å². The van der Waals surface area contributed by atoms with Gasteiger partial charge in [-0.25, -0.2) is 8.42 Å². The van der Waals surface area contributed by atoms with Gasteiger partial charge in [-0.05, 0) is 135 Å². The largest absolute Gasteiger partial charge is 0.497 e. The van der Waals surface area contributed by atoms with Crippen molar-refractivity contribution in [3.05, 3.63) is 156 Å². The monoisotopic (exact) mass is 726 g/mol. The first kappa shape index (κ1) is 38.0. The van der Waals surface area contributed by atoms with Crippen molar-refractivity contribution in [3.63, 3.8) is 0 Å².